The molecule has 1 aromatic rings. The van der Waals surface area contributed by atoms with Crippen LogP contribution in [0.5, 0.6) is 11.5 Å². The Morgan fingerprint density at radius 2 is 1.95 bits per heavy atom. The molecule has 0 amide bonds. The molecule has 21 heavy (non-hydrogen) atoms. The van der Waals surface area contributed by atoms with Crippen molar-refractivity contribution in [3.8, 4) is 11.5 Å². The molecule has 0 bridgehead atoms. The number of carboxylic acids is 2. The molecule has 0 atom stereocenters. The number of aliphatic carboxylic acids is 2. The van der Waals surface area contributed by atoms with Crippen molar-refractivity contribution in [2.24, 2.45) is 5.41 Å². The summed E-state index contributed by atoms with van der Waals surface area (Å²) in [4.78, 5) is 21.7. The van der Waals surface area contributed by atoms with Crippen molar-refractivity contribution in [2.75, 3.05) is 13.7 Å². The van der Waals surface area contributed by atoms with Gasteiger partial charge in [-0.2, -0.15) is 0 Å². The molecule has 0 aliphatic carbocycles. The molecule has 0 unspecified atom stereocenters. The third-order valence-electron chi connectivity index (χ3n) is 2.79. The van der Waals surface area contributed by atoms with Crippen LogP contribution in [-0.4, -0.2) is 35.9 Å². The predicted molar refractivity (Wildman–Crippen MR) is 76.6 cm³/mol. The van der Waals surface area contributed by atoms with Crippen molar-refractivity contribution in [1.82, 2.24) is 0 Å². The molecule has 0 aromatic heterocycles. The van der Waals surface area contributed by atoms with Crippen LogP contribution >= 0.6 is 0 Å². The number of methoxy groups -OCH3 is 1. The normalized spacial score (nSPS) is 11.4. The highest BCUT2D eigenvalue weighted by molar-refractivity contribution is 5.86. The second-order valence-corrected chi connectivity index (χ2v) is 5.05. The third kappa shape index (κ3) is 4.83. The maximum Gasteiger partial charge on any atom is 0.328 e. The summed E-state index contributed by atoms with van der Waals surface area (Å²) < 4.78 is 10.6. The smallest absolute Gasteiger partial charge is 0.328 e. The first kappa shape index (κ1) is 16.6. The maximum absolute atomic E-state index is 11.1. The van der Waals surface area contributed by atoms with Gasteiger partial charge < -0.3 is 19.7 Å². The Morgan fingerprint density at radius 3 is 2.48 bits per heavy atom. The van der Waals surface area contributed by atoms with Gasteiger partial charge in [0.1, 0.15) is 18.1 Å². The number of rotatable bonds is 7. The Labute approximate surface area is 122 Å². The quantitative estimate of drug-likeness (QED) is 0.749. The molecule has 0 heterocycles. The number of benzene rings is 1. The minimum absolute atomic E-state index is 0.0391. The van der Waals surface area contributed by atoms with Gasteiger partial charge in [0.25, 0.3) is 0 Å². The Hall–Kier alpha value is -2.50. The molecule has 0 radical (unpaired) electrons. The van der Waals surface area contributed by atoms with Crippen LogP contribution in [0, 0.1) is 5.41 Å². The summed E-state index contributed by atoms with van der Waals surface area (Å²) in [6, 6.07) is 4.88. The summed E-state index contributed by atoms with van der Waals surface area (Å²) in [5.41, 5.74) is -0.550. The average Bonchev–Trinajstić information content (AvgIpc) is 2.43. The summed E-state index contributed by atoms with van der Waals surface area (Å²) in [6.07, 6.45) is 2.35. The first-order valence-corrected chi connectivity index (χ1v) is 6.21. The van der Waals surface area contributed by atoms with Crippen LogP contribution in [0.4, 0.5) is 0 Å². The highest BCUT2D eigenvalue weighted by Crippen LogP contribution is 2.27. The topological polar surface area (TPSA) is 93.1 Å². The van der Waals surface area contributed by atoms with Gasteiger partial charge in [0.2, 0.25) is 0 Å². The standard InChI is InChI=1S/C15H18O6/c1-15(2,14(18)19)9-21-12-6-5-11(20-3)8-10(12)4-7-13(16)17/h4-8H,9H2,1-3H3,(H,16,17)(H,18,19). The molecule has 0 aliphatic rings. The van der Waals surface area contributed by atoms with E-state index < -0.39 is 17.4 Å². The first-order valence-electron chi connectivity index (χ1n) is 6.21. The van der Waals surface area contributed by atoms with E-state index in [0.29, 0.717) is 17.1 Å². The van der Waals surface area contributed by atoms with Crippen molar-refractivity contribution in [3.05, 3.63) is 29.8 Å². The fourth-order valence-corrected chi connectivity index (χ4v) is 1.40. The molecule has 6 nitrogen and oxygen atoms in total. The van der Waals surface area contributed by atoms with Gasteiger partial charge in [0.15, 0.2) is 0 Å². The fourth-order valence-electron chi connectivity index (χ4n) is 1.40. The summed E-state index contributed by atoms with van der Waals surface area (Å²) >= 11 is 0. The van der Waals surface area contributed by atoms with Crippen LogP contribution in [0.15, 0.2) is 24.3 Å². The lowest BCUT2D eigenvalue weighted by Crippen LogP contribution is -2.30. The lowest BCUT2D eigenvalue weighted by atomic mass is 9.95. The number of carbonyl (C=O) groups is 2. The minimum atomic E-state index is -1.09. The van der Waals surface area contributed by atoms with E-state index in [1.165, 1.54) is 13.2 Å². The van der Waals surface area contributed by atoms with E-state index in [0.717, 1.165) is 6.08 Å². The molecule has 1 aromatic carbocycles. The lowest BCUT2D eigenvalue weighted by Gasteiger charge is -2.20. The van der Waals surface area contributed by atoms with Gasteiger partial charge in [-0.05, 0) is 38.1 Å². The van der Waals surface area contributed by atoms with Gasteiger partial charge in [-0.15, -0.1) is 0 Å². The van der Waals surface area contributed by atoms with E-state index in [2.05, 4.69) is 0 Å². The Kier molecular flexibility index (Phi) is 5.35. The summed E-state index contributed by atoms with van der Waals surface area (Å²) in [7, 11) is 1.49. The van der Waals surface area contributed by atoms with Gasteiger partial charge in [-0.1, -0.05) is 0 Å². The number of carboxylic acid groups (broad SMARTS) is 2. The summed E-state index contributed by atoms with van der Waals surface area (Å²) in [5, 5.41) is 17.7. The number of hydrogen-bond donors (Lipinski definition) is 2. The SMILES string of the molecule is COc1ccc(OCC(C)(C)C(=O)O)c(C=CC(=O)O)c1. The molecule has 0 fully saturated rings. The molecular formula is C15H18O6. The highest BCUT2D eigenvalue weighted by Gasteiger charge is 2.28. The largest absolute Gasteiger partial charge is 0.497 e. The molecule has 6 heteroatoms. The molecule has 1 rings (SSSR count). The van der Waals surface area contributed by atoms with Crippen molar-refractivity contribution in [3.63, 3.8) is 0 Å². The third-order valence-corrected chi connectivity index (χ3v) is 2.79. The van der Waals surface area contributed by atoms with E-state index >= 15 is 0 Å². The van der Waals surface area contributed by atoms with Crippen LogP contribution in [0.25, 0.3) is 6.08 Å². The van der Waals surface area contributed by atoms with Crippen molar-refractivity contribution < 1.29 is 29.3 Å². The van der Waals surface area contributed by atoms with E-state index in [-0.39, 0.29) is 6.61 Å². The van der Waals surface area contributed by atoms with Crippen LogP contribution in [0.3, 0.4) is 0 Å². The monoisotopic (exact) mass is 294 g/mol. The summed E-state index contributed by atoms with van der Waals surface area (Å²) in [5.74, 6) is -1.12. The first-order chi connectivity index (χ1) is 9.76. The van der Waals surface area contributed by atoms with Gasteiger partial charge in [-0.25, -0.2) is 4.79 Å². The Bertz CT molecular complexity index is 559. The minimum Gasteiger partial charge on any atom is -0.497 e. The molecule has 0 saturated carbocycles. The van der Waals surface area contributed by atoms with Gasteiger partial charge >= 0.3 is 11.9 Å². The molecule has 0 saturated heterocycles. The van der Waals surface area contributed by atoms with Crippen molar-refractivity contribution >= 4 is 18.0 Å². The Morgan fingerprint density at radius 1 is 1.29 bits per heavy atom. The van der Waals surface area contributed by atoms with Crippen LogP contribution in [0.2, 0.25) is 0 Å². The lowest BCUT2D eigenvalue weighted by molar-refractivity contribution is -0.148. The maximum atomic E-state index is 11.1. The molecule has 0 aliphatic heterocycles. The van der Waals surface area contributed by atoms with Gasteiger partial charge in [0.05, 0.1) is 12.5 Å². The van der Waals surface area contributed by atoms with Crippen LogP contribution in [-0.2, 0) is 9.59 Å². The van der Waals surface area contributed by atoms with Crippen molar-refractivity contribution in [2.45, 2.75) is 13.8 Å². The number of hydrogen-bond acceptors (Lipinski definition) is 4. The molecular weight excluding hydrogens is 276 g/mol. The summed E-state index contributed by atoms with van der Waals surface area (Å²) in [6.45, 7) is 3.06. The van der Waals surface area contributed by atoms with Crippen LogP contribution < -0.4 is 9.47 Å². The predicted octanol–water partition coefficient (Wildman–Crippen LogP) is 2.28. The van der Waals surface area contributed by atoms with E-state index in [9.17, 15) is 9.59 Å². The zero-order chi connectivity index (χ0) is 16.0. The second kappa shape index (κ2) is 6.78. The van der Waals surface area contributed by atoms with Crippen molar-refractivity contribution in [1.29, 1.82) is 0 Å². The van der Waals surface area contributed by atoms with E-state index in [1.54, 1.807) is 32.0 Å². The molecule has 0 spiro atoms. The van der Waals surface area contributed by atoms with Gasteiger partial charge in [0, 0.05) is 11.6 Å². The Balaban J connectivity index is 3.00. The van der Waals surface area contributed by atoms with Gasteiger partial charge in [-0.3, -0.25) is 4.79 Å². The van der Waals surface area contributed by atoms with Crippen LogP contribution in [0.1, 0.15) is 19.4 Å². The second-order valence-electron chi connectivity index (χ2n) is 5.05. The molecule has 2 N–H and O–H groups in total. The zero-order valence-corrected chi connectivity index (χ0v) is 12.1. The number of ether oxygens (including phenoxy) is 2. The van der Waals surface area contributed by atoms with E-state index in [4.69, 9.17) is 19.7 Å². The van der Waals surface area contributed by atoms with E-state index in [1.807, 2.05) is 0 Å². The zero-order valence-electron chi connectivity index (χ0n) is 12.1. The average molecular weight is 294 g/mol. The molecule has 114 valence electrons. The fraction of sp³-hybridized carbons (Fsp3) is 0.333. The highest BCUT2D eigenvalue weighted by atomic mass is 16.5.